The molecular formula is C9H18O. The van der Waals surface area contributed by atoms with E-state index in [1.54, 1.807) is 0 Å². The van der Waals surface area contributed by atoms with Gasteiger partial charge in [0.2, 0.25) is 0 Å². The van der Waals surface area contributed by atoms with Gasteiger partial charge in [-0.15, -0.1) is 6.58 Å². The topological polar surface area (TPSA) is 20.2 Å². The van der Waals surface area contributed by atoms with Crippen LogP contribution in [0.4, 0.5) is 0 Å². The second kappa shape index (κ2) is 4.51. The quantitative estimate of drug-likeness (QED) is 0.597. The molecule has 0 spiro atoms. The monoisotopic (exact) mass is 142 g/mol. The zero-order valence-electron chi connectivity index (χ0n) is 7.17. The lowest BCUT2D eigenvalue weighted by Gasteiger charge is -2.20. The SMILES string of the molecule is C=CC[C@@H](C)[C@H](O)C(C)C. The van der Waals surface area contributed by atoms with E-state index in [-0.39, 0.29) is 6.10 Å². The number of aliphatic hydroxyl groups excluding tert-OH is 1. The molecule has 0 rings (SSSR count). The first-order chi connectivity index (χ1) is 4.59. The van der Waals surface area contributed by atoms with Crippen molar-refractivity contribution in [2.45, 2.75) is 33.3 Å². The van der Waals surface area contributed by atoms with Crippen LogP contribution in [0.25, 0.3) is 0 Å². The average Bonchev–Trinajstić information content (AvgIpc) is 1.87. The van der Waals surface area contributed by atoms with Crippen LogP contribution in [0, 0.1) is 11.8 Å². The molecule has 1 N–H and O–H groups in total. The summed E-state index contributed by atoms with van der Waals surface area (Å²) in [5.41, 5.74) is 0. The Bertz CT molecular complexity index is 96.9. The summed E-state index contributed by atoms with van der Waals surface area (Å²) in [5.74, 6) is 0.701. The fraction of sp³-hybridized carbons (Fsp3) is 0.778. The number of hydrogen-bond donors (Lipinski definition) is 1. The number of aliphatic hydroxyl groups is 1. The molecule has 2 atom stereocenters. The molecule has 0 saturated heterocycles. The molecule has 1 heteroatoms. The van der Waals surface area contributed by atoms with Gasteiger partial charge in [0, 0.05) is 0 Å². The lowest BCUT2D eigenvalue weighted by Crippen LogP contribution is -2.22. The van der Waals surface area contributed by atoms with Gasteiger partial charge in [-0.2, -0.15) is 0 Å². The molecule has 0 aliphatic rings. The van der Waals surface area contributed by atoms with Gasteiger partial charge in [-0.3, -0.25) is 0 Å². The highest BCUT2D eigenvalue weighted by atomic mass is 16.3. The first-order valence-electron chi connectivity index (χ1n) is 3.88. The molecule has 0 radical (unpaired) electrons. The van der Waals surface area contributed by atoms with E-state index in [9.17, 15) is 5.11 Å². The summed E-state index contributed by atoms with van der Waals surface area (Å²) in [4.78, 5) is 0. The van der Waals surface area contributed by atoms with Crippen LogP contribution in [-0.4, -0.2) is 11.2 Å². The maximum atomic E-state index is 9.48. The molecule has 0 amide bonds. The third-order valence-electron chi connectivity index (χ3n) is 1.80. The highest BCUT2D eigenvalue weighted by molar-refractivity contribution is 4.76. The van der Waals surface area contributed by atoms with Gasteiger partial charge in [0.15, 0.2) is 0 Å². The Morgan fingerprint density at radius 1 is 1.40 bits per heavy atom. The third-order valence-corrected chi connectivity index (χ3v) is 1.80. The summed E-state index contributed by atoms with van der Waals surface area (Å²) < 4.78 is 0. The predicted octanol–water partition coefficient (Wildman–Crippen LogP) is 2.22. The van der Waals surface area contributed by atoms with Gasteiger partial charge in [0.05, 0.1) is 6.10 Å². The molecule has 0 heterocycles. The second-order valence-corrected chi connectivity index (χ2v) is 3.24. The first kappa shape index (κ1) is 9.70. The zero-order valence-corrected chi connectivity index (χ0v) is 7.17. The van der Waals surface area contributed by atoms with E-state index in [4.69, 9.17) is 0 Å². The van der Waals surface area contributed by atoms with Crippen LogP contribution in [0.2, 0.25) is 0 Å². The van der Waals surface area contributed by atoms with Crippen LogP contribution in [0.1, 0.15) is 27.2 Å². The Kier molecular flexibility index (Phi) is 4.37. The van der Waals surface area contributed by atoms with E-state index >= 15 is 0 Å². The zero-order chi connectivity index (χ0) is 8.15. The average molecular weight is 142 g/mol. The van der Waals surface area contributed by atoms with Gasteiger partial charge < -0.3 is 5.11 Å². The van der Waals surface area contributed by atoms with Gasteiger partial charge in [0.25, 0.3) is 0 Å². The van der Waals surface area contributed by atoms with Crippen molar-refractivity contribution in [3.05, 3.63) is 12.7 Å². The van der Waals surface area contributed by atoms with Gasteiger partial charge in [-0.25, -0.2) is 0 Å². The third kappa shape index (κ3) is 3.02. The largest absolute Gasteiger partial charge is 0.393 e. The minimum absolute atomic E-state index is 0.182. The van der Waals surface area contributed by atoms with E-state index in [2.05, 4.69) is 6.58 Å². The summed E-state index contributed by atoms with van der Waals surface area (Å²) in [5, 5.41) is 9.48. The van der Waals surface area contributed by atoms with Crippen molar-refractivity contribution in [2.75, 3.05) is 0 Å². The number of hydrogen-bond acceptors (Lipinski definition) is 1. The Morgan fingerprint density at radius 3 is 2.20 bits per heavy atom. The minimum atomic E-state index is -0.182. The van der Waals surface area contributed by atoms with Crippen molar-refractivity contribution in [1.29, 1.82) is 0 Å². The van der Waals surface area contributed by atoms with Crippen LogP contribution in [-0.2, 0) is 0 Å². The molecule has 0 unspecified atom stereocenters. The molecule has 0 fully saturated rings. The number of rotatable bonds is 4. The Balaban J connectivity index is 3.68. The highest BCUT2D eigenvalue weighted by Crippen LogP contribution is 2.15. The molecule has 0 aliphatic heterocycles. The first-order valence-corrected chi connectivity index (χ1v) is 3.88. The highest BCUT2D eigenvalue weighted by Gasteiger charge is 2.15. The summed E-state index contributed by atoms with van der Waals surface area (Å²) in [6, 6.07) is 0. The fourth-order valence-electron chi connectivity index (χ4n) is 1.06. The molecule has 0 aliphatic carbocycles. The lowest BCUT2D eigenvalue weighted by atomic mass is 9.92. The Hall–Kier alpha value is -0.300. The summed E-state index contributed by atoms with van der Waals surface area (Å²) >= 11 is 0. The van der Waals surface area contributed by atoms with Crippen LogP contribution >= 0.6 is 0 Å². The van der Waals surface area contributed by atoms with Crippen molar-refractivity contribution < 1.29 is 5.11 Å². The Labute approximate surface area is 63.8 Å². The molecule has 0 aromatic rings. The van der Waals surface area contributed by atoms with Crippen molar-refractivity contribution in [3.63, 3.8) is 0 Å². The van der Waals surface area contributed by atoms with E-state index in [1.165, 1.54) is 0 Å². The van der Waals surface area contributed by atoms with E-state index in [0.717, 1.165) is 6.42 Å². The van der Waals surface area contributed by atoms with Gasteiger partial charge in [-0.05, 0) is 18.3 Å². The minimum Gasteiger partial charge on any atom is -0.393 e. The van der Waals surface area contributed by atoms with Crippen LogP contribution in [0.15, 0.2) is 12.7 Å². The second-order valence-electron chi connectivity index (χ2n) is 3.24. The van der Waals surface area contributed by atoms with Crippen molar-refractivity contribution in [1.82, 2.24) is 0 Å². The molecule has 0 aromatic heterocycles. The molecule has 60 valence electrons. The molecule has 0 saturated carbocycles. The smallest absolute Gasteiger partial charge is 0.0591 e. The van der Waals surface area contributed by atoms with E-state index in [1.807, 2.05) is 26.8 Å². The standard InChI is InChI=1S/C9H18O/c1-5-6-8(4)9(10)7(2)3/h5,7-10H,1,6H2,2-4H3/t8-,9-/m1/s1. The molecular weight excluding hydrogens is 124 g/mol. The van der Waals surface area contributed by atoms with Crippen molar-refractivity contribution in [3.8, 4) is 0 Å². The molecule has 0 bridgehead atoms. The van der Waals surface area contributed by atoms with Crippen LogP contribution < -0.4 is 0 Å². The van der Waals surface area contributed by atoms with Gasteiger partial charge >= 0.3 is 0 Å². The maximum absolute atomic E-state index is 9.48. The van der Waals surface area contributed by atoms with Gasteiger partial charge in [0.1, 0.15) is 0 Å². The van der Waals surface area contributed by atoms with Crippen LogP contribution in [0.3, 0.4) is 0 Å². The van der Waals surface area contributed by atoms with E-state index in [0.29, 0.717) is 11.8 Å². The van der Waals surface area contributed by atoms with Crippen molar-refractivity contribution in [2.24, 2.45) is 11.8 Å². The van der Waals surface area contributed by atoms with E-state index < -0.39 is 0 Å². The predicted molar refractivity (Wildman–Crippen MR) is 44.8 cm³/mol. The number of allylic oxidation sites excluding steroid dienone is 1. The lowest BCUT2D eigenvalue weighted by molar-refractivity contribution is 0.0736. The molecule has 10 heavy (non-hydrogen) atoms. The Morgan fingerprint density at radius 2 is 1.90 bits per heavy atom. The summed E-state index contributed by atoms with van der Waals surface area (Å²) in [6.45, 7) is 9.74. The van der Waals surface area contributed by atoms with Gasteiger partial charge in [-0.1, -0.05) is 26.8 Å². The normalized spacial score (nSPS) is 16.9. The summed E-state index contributed by atoms with van der Waals surface area (Å²) in [6.07, 6.45) is 2.58. The molecule has 0 aromatic carbocycles. The maximum Gasteiger partial charge on any atom is 0.0591 e. The summed E-state index contributed by atoms with van der Waals surface area (Å²) in [7, 11) is 0. The van der Waals surface area contributed by atoms with Crippen molar-refractivity contribution >= 4 is 0 Å². The molecule has 1 nitrogen and oxygen atoms in total. The fourth-order valence-corrected chi connectivity index (χ4v) is 1.06. The van der Waals surface area contributed by atoms with Crippen LogP contribution in [0.5, 0.6) is 0 Å².